The van der Waals surface area contributed by atoms with Gasteiger partial charge in [-0.1, -0.05) is 41.9 Å². The second-order valence-corrected chi connectivity index (χ2v) is 7.83. The van der Waals surface area contributed by atoms with E-state index < -0.39 is 12.0 Å². The zero-order chi connectivity index (χ0) is 24.8. The number of nitrogens with one attached hydrogen (secondary N) is 2. The number of anilines is 2. The number of hydrogen-bond acceptors (Lipinski definition) is 6. The van der Waals surface area contributed by atoms with Crippen molar-refractivity contribution in [3.05, 3.63) is 77.8 Å². The van der Waals surface area contributed by atoms with E-state index in [1.807, 2.05) is 30.3 Å². The number of ether oxygens (including phenoxy) is 3. The predicted molar refractivity (Wildman–Crippen MR) is 135 cm³/mol. The standard InChI is InChI=1S/C26H22ClN3O5/c1-33-23-11-8-17(27)12-22(23)30-26(32)28-18-9-10-20-19(13-18)24(35-15-25(31)34-2)14-21(29-20)16-6-4-3-5-7-16/h3-14H,15H2,1-2H3,(H2,28,30,32). The van der Waals surface area contributed by atoms with Crippen LogP contribution in [0.15, 0.2) is 72.8 Å². The van der Waals surface area contributed by atoms with Gasteiger partial charge < -0.3 is 24.8 Å². The summed E-state index contributed by atoms with van der Waals surface area (Å²) in [5.41, 5.74) is 3.13. The van der Waals surface area contributed by atoms with E-state index in [0.29, 0.717) is 44.5 Å². The fraction of sp³-hybridized carbons (Fsp3) is 0.115. The summed E-state index contributed by atoms with van der Waals surface area (Å²) in [6, 6.07) is 21.0. The van der Waals surface area contributed by atoms with Crippen molar-refractivity contribution in [2.24, 2.45) is 0 Å². The Morgan fingerprint density at radius 2 is 1.71 bits per heavy atom. The number of carbonyl (C=O) groups is 2. The van der Waals surface area contributed by atoms with E-state index in [1.165, 1.54) is 14.2 Å². The second kappa shape index (κ2) is 10.8. The van der Waals surface area contributed by atoms with Crippen LogP contribution in [0.3, 0.4) is 0 Å². The maximum Gasteiger partial charge on any atom is 0.343 e. The van der Waals surface area contributed by atoms with Crippen molar-refractivity contribution in [1.29, 1.82) is 0 Å². The van der Waals surface area contributed by atoms with Gasteiger partial charge in [-0.25, -0.2) is 14.6 Å². The van der Waals surface area contributed by atoms with E-state index in [4.69, 9.17) is 30.8 Å². The lowest BCUT2D eigenvalue weighted by Gasteiger charge is -2.14. The van der Waals surface area contributed by atoms with Gasteiger partial charge in [0.15, 0.2) is 6.61 Å². The monoisotopic (exact) mass is 491 g/mol. The van der Waals surface area contributed by atoms with Crippen LogP contribution in [0.4, 0.5) is 16.2 Å². The number of fused-ring (bicyclic) bond motifs is 1. The smallest absolute Gasteiger partial charge is 0.343 e. The maximum atomic E-state index is 12.6. The fourth-order valence-corrected chi connectivity index (χ4v) is 3.58. The molecular weight excluding hydrogens is 470 g/mol. The quantitative estimate of drug-likeness (QED) is 0.319. The van der Waals surface area contributed by atoms with Crippen LogP contribution >= 0.6 is 11.6 Å². The number of hydrogen-bond donors (Lipinski definition) is 2. The molecule has 0 aliphatic carbocycles. The van der Waals surface area contributed by atoms with Crippen LogP contribution in [-0.4, -0.2) is 37.8 Å². The molecular formula is C26H22ClN3O5. The Morgan fingerprint density at radius 1 is 0.914 bits per heavy atom. The average molecular weight is 492 g/mol. The first-order chi connectivity index (χ1) is 17.0. The van der Waals surface area contributed by atoms with Gasteiger partial charge in [-0.2, -0.15) is 0 Å². The number of urea groups is 1. The van der Waals surface area contributed by atoms with E-state index >= 15 is 0 Å². The number of amides is 2. The first kappa shape index (κ1) is 23.8. The second-order valence-electron chi connectivity index (χ2n) is 7.39. The zero-order valence-corrected chi connectivity index (χ0v) is 19.8. The fourth-order valence-electron chi connectivity index (χ4n) is 3.41. The number of rotatable bonds is 7. The molecule has 1 heterocycles. The van der Waals surface area contributed by atoms with Crippen molar-refractivity contribution < 1.29 is 23.8 Å². The lowest BCUT2D eigenvalue weighted by Crippen LogP contribution is -2.19. The molecule has 0 atom stereocenters. The summed E-state index contributed by atoms with van der Waals surface area (Å²) in [5.74, 6) is 0.388. The molecule has 0 spiro atoms. The van der Waals surface area contributed by atoms with E-state index in [2.05, 4.69) is 10.6 Å². The van der Waals surface area contributed by atoms with Gasteiger partial charge in [-0.05, 0) is 36.4 Å². The molecule has 0 radical (unpaired) electrons. The molecule has 9 heteroatoms. The normalized spacial score (nSPS) is 10.5. The number of methoxy groups -OCH3 is 2. The highest BCUT2D eigenvalue weighted by atomic mass is 35.5. The minimum Gasteiger partial charge on any atom is -0.495 e. The average Bonchev–Trinajstić information content (AvgIpc) is 2.87. The van der Waals surface area contributed by atoms with E-state index in [9.17, 15) is 9.59 Å². The van der Waals surface area contributed by atoms with Crippen molar-refractivity contribution >= 4 is 45.9 Å². The van der Waals surface area contributed by atoms with Crippen LogP contribution in [0, 0.1) is 0 Å². The van der Waals surface area contributed by atoms with Gasteiger partial charge in [0.05, 0.1) is 31.1 Å². The lowest BCUT2D eigenvalue weighted by molar-refractivity contribution is -0.142. The summed E-state index contributed by atoms with van der Waals surface area (Å²) in [7, 11) is 2.80. The Labute approximate surface area is 206 Å². The van der Waals surface area contributed by atoms with Crippen LogP contribution in [-0.2, 0) is 9.53 Å². The topological polar surface area (TPSA) is 98.8 Å². The van der Waals surface area contributed by atoms with Gasteiger partial charge in [0.2, 0.25) is 0 Å². The summed E-state index contributed by atoms with van der Waals surface area (Å²) in [4.78, 5) is 29.1. The van der Waals surface area contributed by atoms with Crippen LogP contribution in [0.25, 0.3) is 22.2 Å². The molecule has 3 aromatic carbocycles. The molecule has 0 saturated heterocycles. The minimum absolute atomic E-state index is 0.267. The largest absolute Gasteiger partial charge is 0.495 e. The third-order valence-corrected chi connectivity index (χ3v) is 5.32. The molecule has 0 saturated carbocycles. The molecule has 0 aliphatic rings. The van der Waals surface area contributed by atoms with Gasteiger partial charge in [0, 0.05) is 27.7 Å². The molecule has 35 heavy (non-hydrogen) atoms. The van der Waals surface area contributed by atoms with Crippen LogP contribution in [0.5, 0.6) is 11.5 Å². The third kappa shape index (κ3) is 5.80. The predicted octanol–water partition coefficient (Wildman–Crippen LogP) is 5.76. The molecule has 8 nitrogen and oxygen atoms in total. The first-order valence-electron chi connectivity index (χ1n) is 10.6. The molecule has 2 amide bonds. The van der Waals surface area contributed by atoms with Crippen molar-refractivity contribution in [1.82, 2.24) is 4.98 Å². The van der Waals surface area contributed by atoms with E-state index in [1.54, 1.807) is 42.5 Å². The van der Waals surface area contributed by atoms with Crippen molar-refractivity contribution in [3.8, 4) is 22.8 Å². The van der Waals surface area contributed by atoms with E-state index in [-0.39, 0.29) is 6.61 Å². The first-order valence-corrected chi connectivity index (χ1v) is 11.0. The summed E-state index contributed by atoms with van der Waals surface area (Å²) in [6.45, 7) is -0.267. The molecule has 0 bridgehead atoms. The number of pyridine rings is 1. The number of aromatic nitrogens is 1. The number of benzene rings is 3. The molecule has 2 N–H and O–H groups in total. The third-order valence-electron chi connectivity index (χ3n) is 5.08. The van der Waals surface area contributed by atoms with E-state index in [0.717, 1.165) is 5.56 Å². The molecule has 4 rings (SSSR count). The summed E-state index contributed by atoms with van der Waals surface area (Å²) < 4.78 is 15.7. The van der Waals surface area contributed by atoms with Crippen molar-refractivity contribution in [3.63, 3.8) is 0 Å². The van der Waals surface area contributed by atoms with Gasteiger partial charge in [0.1, 0.15) is 11.5 Å². The number of halogens is 1. The highest BCUT2D eigenvalue weighted by molar-refractivity contribution is 6.31. The van der Waals surface area contributed by atoms with Crippen LogP contribution in [0.1, 0.15) is 0 Å². The van der Waals surface area contributed by atoms with Gasteiger partial charge in [-0.3, -0.25) is 0 Å². The SMILES string of the molecule is COC(=O)COc1cc(-c2ccccc2)nc2ccc(NC(=O)Nc3cc(Cl)ccc3OC)cc12. The number of carbonyl (C=O) groups excluding carboxylic acids is 2. The van der Waals surface area contributed by atoms with Gasteiger partial charge in [-0.15, -0.1) is 0 Å². The lowest BCUT2D eigenvalue weighted by atomic mass is 10.1. The molecule has 4 aromatic rings. The van der Waals surface area contributed by atoms with Crippen LogP contribution in [0.2, 0.25) is 5.02 Å². The Bertz CT molecular complexity index is 1380. The molecule has 0 unspecified atom stereocenters. The molecule has 1 aromatic heterocycles. The summed E-state index contributed by atoms with van der Waals surface area (Å²) in [6.07, 6.45) is 0. The summed E-state index contributed by atoms with van der Waals surface area (Å²) in [5, 5.41) is 6.58. The Kier molecular flexibility index (Phi) is 7.32. The Morgan fingerprint density at radius 3 is 2.46 bits per heavy atom. The van der Waals surface area contributed by atoms with Crippen LogP contribution < -0.4 is 20.1 Å². The molecule has 0 aliphatic heterocycles. The highest BCUT2D eigenvalue weighted by Crippen LogP contribution is 2.32. The number of esters is 1. The minimum atomic E-state index is -0.514. The zero-order valence-electron chi connectivity index (χ0n) is 19.0. The van der Waals surface area contributed by atoms with Crippen molar-refractivity contribution in [2.45, 2.75) is 0 Å². The number of nitrogens with zero attached hydrogens (tertiary/aromatic N) is 1. The Balaban J connectivity index is 1.64. The van der Waals surface area contributed by atoms with Gasteiger partial charge >= 0.3 is 12.0 Å². The molecule has 0 fully saturated rings. The van der Waals surface area contributed by atoms with Gasteiger partial charge in [0.25, 0.3) is 0 Å². The molecule has 178 valence electrons. The van der Waals surface area contributed by atoms with Crippen molar-refractivity contribution in [2.75, 3.05) is 31.5 Å². The Hall–Kier alpha value is -4.30. The maximum absolute atomic E-state index is 12.6. The highest BCUT2D eigenvalue weighted by Gasteiger charge is 2.13. The summed E-state index contributed by atoms with van der Waals surface area (Å²) >= 11 is 6.04.